The summed E-state index contributed by atoms with van der Waals surface area (Å²) < 4.78 is 0. The molecule has 4 atom stereocenters. The SMILES string of the molecule is NC(=O)CCC(N)C(=O)NC(CC(N)=O)C(=O)NC(CC(=O)O)C(=O)NC(Cc1ccc(O)cc1)C(=O)O. The molecule has 0 saturated heterocycles. The van der Waals surface area contributed by atoms with Crippen LogP contribution in [0.2, 0.25) is 0 Å². The van der Waals surface area contributed by atoms with Gasteiger partial charge in [-0.25, -0.2) is 4.79 Å². The van der Waals surface area contributed by atoms with Crippen molar-refractivity contribution in [2.45, 2.75) is 56.3 Å². The number of aliphatic carboxylic acids is 2. The van der Waals surface area contributed by atoms with E-state index in [2.05, 4.69) is 16.0 Å². The van der Waals surface area contributed by atoms with Crippen LogP contribution in [0.25, 0.3) is 0 Å². The normalized spacial score (nSPS) is 13.7. The molecule has 1 aromatic carbocycles. The third-order valence-electron chi connectivity index (χ3n) is 5.08. The predicted molar refractivity (Wildman–Crippen MR) is 128 cm³/mol. The Morgan fingerprint density at radius 1 is 0.737 bits per heavy atom. The van der Waals surface area contributed by atoms with Gasteiger partial charge in [-0.15, -0.1) is 0 Å². The minimum Gasteiger partial charge on any atom is -0.508 e. The second-order valence-corrected chi connectivity index (χ2v) is 8.27. The number of nitrogens with two attached hydrogens (primary N) is 3. The second-order valence-electron chi connectivity index (χ2n) is 8.27. The van der Waals surface area contributed by atoms with Crippen molar-refractivity contribution >= 4 is 41.5 Å². The summed E-state index contributed by atoms with van der Waals surface area (Å²) in [6.45, 7) is 0. The first-order valence-electron chi connectivity index (χ1n) is 11.1. The number of primary amides is 2. The molecular weight excluding hydrogens is 508 g/mol. The molecule has 0 aromatic heterocycles. The number of rotatable bonds is 16. The van der Waals surface area contributed by atoms with Crippen LogP contribution in [0.1, 0.15) is 31.2 Å². The molecule has 38 heavy (non-hydrogen) atoms. The molecule has 1 aromatic rings. The Labute approximate surface area is 215 Å². The molecule has 0 aliphatic heterocycles. The summed E-state index contributed by atoms with van der Waals surface area (Å²) in [5, 5.41) is 34.4. The minimum atomic E-state index is -1.81. The van der Waals surface area contributed by atoms with Crippen LogP contribution >= 0.6 is 0 Å². The molecule has 0 spiro atoms. The van der Waals surface area contributed by atoms with E-state index < -0.39 is 78.5 Å². The van der Waals surface area contributed by atoms with E-state index in [0.29, 0.717) is 5.56 Å². The van der Waals surface area contributed by atoms with Gasteiger partial charge in [-0.2, -0.15) is 0 Å². The van der Waals surface area contributed by atoms with Crippen molar-refractivity contribution in [3.63, 3.8) is 0 Å². The van der Waals surface area contributed by atoms with E-state index in [1.54, 1.807) is 0 Å². The number of carboxylic acids is 2. The lowest BCUT2D eigenvalue weighted by Gasteiger charge is -2.24. The van der Waals surface area contributed by atoms with E-state index >= 15 is 0 Å². The minimum absolute atomic E-state index is 0.0691. The number of amides is 5. The van der Waals surface area contributed by atoms with E-state index in [4.69, 9.17) is 17.2 Å². The molecule has 0 aliphatic carbocycles. The van der Waals surface area contributed by atoms with Crippen LogP contribution in [0.3, 0.4) is 0 Å². The zero-order valence-corrected chi connectivity index (χ0v) is 20.1. The van der Waals surface area contributed by atoms with Gasteiger partial charge >= 0.3 is 11.9 Å². The number of carboxylic acid groups (broad SMARTS) is 2. The molecule has 0 saturated carbocycles. The first-order chi connectivity index (χ1) is 17.7. The Bertz CT molecular complexity index is 1060. The number of benzene rings is 1. The van der Waals surface area contributed by atoms with E-state index in [-0.39, 0.29) is 25.0 Å². The summed E-state index contributed by atoms with van der Waals surface area (Å²) in [5.41, 5.74) is 16.2. The molecule has 12 N–H and O–H groups in total. The van der Waals surface area contributed by atoms with Crippen LogP contribution in [-0.2, 0) is 40.0 Å². The molecule has 0 heterocycles. The molecule has 0 bridgehead atoms. The van der Waals surface area contributed by atoms with Crippen LogP contribution < -0.4 is 33.2 Å². The number of phenolic OH excluding ortho intramolecular Hbond substituents is 1. The van der Waals surface area contributed by atoms with Crippen LogP contribution in [0.4, 0.5) is 0 Å². The fraction of sp³-hybridized carbons (Fsp3) is 0.409. The van der Waals surface area contributed by atoms with Gasteiger partial charge in [0.15, 0.2) is 0 Å². The number of carbonyl (C=O) groups is 7. The maximum absolute atomic E-state index is 12.8. The molecular formula is C22H30N6O10. The molecule has 4 unspecified atom stereocenters. The second kappa shape index (κ2) is 14.7. The van der Waals surface area contributed by atoms with Crippen molar-refractivity contribution in [3.8, 4) is 5.75 Å². The third kappa shape index (κ3) is 11.3. The van der Waals surface area contributed by atoms with Crippen LogP contribution in [-0.4, -0.2) is 81.0 Å². The Hall–Kier alpha value is -4.73. The molecule has 1 rings (SSSR count). The first-order valence-corrected chi connectivity index (χ1v) is 11.1. The highest BCUT2D eigenvalue weighted by Crippen LogP contribution is 2.12. The van der Waals surface area contributed by atoms with Gasteiger partial charge in [0.1, 0.15) is 23.9 Å². The number of hydrogen-bond donors (Lipinski definition) is 9. The summed E-state index contributed by atoms with van der Waals surface area (Å²) in [7, 11) is 0. The zero-order chi connectivity index (χ0) is 29.0. The molecule has 208 valence electrons. The van der Waals surface area contributed by atoms with E-state index in [1.165, 1.54) is 24.3 Å². The van der Waals surface area contributed by atoms with Gasteiger partial charge in [-0.3, -0.25) is 28.8 Å². The van der Waals surface area contributed by atoms with Gasteiger partial charge in [0.05, 0.1) is 18.9 Å². The molecule has 0 aliphatic rings. The van der Waals surface area contributed by atoms with Crippen molar-refractivity contribution in [3.05, 3.63) is 29.8 Å². The molecule has 5 amide bonds. The van der Waals surface area contributed by atoms with Crippen molar-refractivity contribution < 1.29 is 48.9 Å². The lowest BCUT2D eigenvalue weighted by atomic mass is 10.0. The number of phenols is 1. The maximum atomic E-state index is 12.8. The first kappa shape index (κ1) is 31.3. The highest BCUT2D eigenvalue weighted by molar-refractivity contribution is 5.97. The van der Waals surface area contributed by atoms with Gasteiger partial charge < -0.3 is 48.5 Å². The van der Waals surface area contributed by atoms with Crippen molar-refractivity contribution in [2.24, 2.45) is 17.2 Å². The zero-order valence-electron chi connectivity index (χ0n) is 20.1. The molecule has 0 radical (unpaired) electrons. The van der Waals surface area contributed by atoms with E-state index in [9.17, 15) is 48.9 Å². The highest BCUT2D eigenvalue weighted by Gasteiger charge is 2.32. The van der Waals surface area contributed by atoms with Gasteiger partial charge in [0.2, 0.25) is 29.5 Å². The summed E-state index contributed by atoms with van der Waals surface area (Å²) in [5.74, 6) is -8.12. The third-order valence-corrected chi connectivity index (χ3v) is 5.08. The smallest absolute Gasteiger partial charge is 0.326 e. The summed E-state index contributed by atoms with van der Waals surface area (Å²) in [6.07, 6.45) is -2.37. The molecule has 16 nitrogen and oxygen atoms in total. The largest absolute Gasteiger partial charge is 0.508 e. The summed E-state index contributed by atoms with van der Waals surface area (Å²) in [4.78, 5) is 83.1. The number of aromatic hydroxyl groups is 1. The standard InChI is InChI=1S/C22H30N6O10/c23-12(5-6-16(24)30)19(34)26-13(8-17(25)31)20(35)27-14(9-18(32)33)21(36)28-15(22(37)38)7-10-1-3-11(29)4-2-10/h1-4,12-15,29H,5-9,23H2,(H2,24,30)(H2,25,31)(H,26,34)(H,27,35)(H,28,36)(H,32,33)(H,37,38). The Balaban J connectivity index is 3.02. The van der Waals surface area contributed by atoms with Crippen LogP contribution in [0.5, 0.6) is 5.75 Å². The number of nitrogens with one attached hydrogen (secondary N) is 3. The predicted octanol–water partition coefficient (Wildman–Crippen LogP) is -3.58. The number of hydrogen-bond acceptors (Lipinski definition) is 9. The number of carbonyl (C=O) groups excluding carboxylic acids is 5. The van der Waals surface area contributed by atoms with E-state index in [1.807, 2.05) is 0 Å². The van der Waals surface area contributed by atoms with E-state index in [0.717, 1.165) is 0 Å². The fourth-order valence-corrected chi connectivity index (χ4v) is 3.11. The van der Waals surface area contributed by atoms with Crippen molar-refractivity contribution in [1.82, 2.24) is 16.0 Å². The highest BCUT2D eigenvalue weighted by atomic mass is 16.4. The summed E-state index contributed by atoms with van der Waals surface area (Å²) in [6, 6.07) is -0.871. The Morgan fingerprint density at radius 2 is 1.24 bits per heavy atom. The summed E-state index contributed by atoms with van der Waals surface area (Å²) >= 11 is 0. The molecule has 16 heteroatoms. The maximum Gasteiger partial charge on any atom is 0.326 e. The van der Waals surface area contributed by atoms with Gasteiger partial charge in [0, 0.05) is 12.8 Å². The van der Waals surface area contributed by atoms with Gasteiger partial charge in [-0.1, -0.05) is 12.1 Å². The lowest BCUT2D eigenvalue weighted by molar-refractivity contribution is -0.144. The quantitative estimate of drug-likeness (QED) is 0.0990. The molecule has 0 fully saturated rings. The van der Waals surface area contributed by atoms with Crippen molar-refractivity contribution in [2.75, 3.05) is 0 Å². The Morgan fingerprint density at radius 3 is 1.71 bits per heavy atom. The fourth-order valence-electron chi connectivity index (χ4n) is 3.11. The van der Waals surface area contributed by atoms with Crippen molar-refractivity contribution in [1.29, 1.82) is 0 Å². The average Bonchev–Trinajstić information content (AvgIpc) is 2.81. The monoisotopic (exact) mass is 538 g/mol. The van der Waals surface area contributed by atoms with Gasteiger partial charge in [0.25, 0.3) is 0 Å². The average molecular weight is 539 g/mol. The topological polar surface area (TPSA) is 294 Å². The lowest BCUT2D eigenvalue weighted by Crippen LogP contribution is -2.58. The van der Waals surface area contributed by atoms with Gasteiger partial charge in [-0.05, 0) is 24.1 Å². The Kier molecular flexibility index (Phi) is 12.1. The van der Waals surface area contributed by atoms with Crippen LogP contribution in [0.15, 0.2) is 24.3 Å². The van der Waals surface area contributed by atoms with Crippen LogP contribution in [0, 0.1) is 0 Å².